The molecule has 6 aromatic carbocycles. The van der Waals surface area contributed by atoms with Crippen molar-refractivity contribution in [2.24, 2.45) is 0 Å². The smallest absolute Gasteiger partial charge is 0.178 e. The fourth-order valence-corrected chi connectivity index (χ4v) is 6.91. The summed E-state index contributed by atoms with van der Waals surface area (Å²) in [4.78, 5) is 10.2. The molecule has 4 heteroatoms. The lowest BCUT2D eigenvalue weighted by Crippen LogP contribution is -2.15. The van der Waals surface area contributed by atoms with Gasteiger partial charge in [-0.3, -0.25) is 0 Å². The lowest BCUT2D eigenvalue weighted by atomic mass is 9.82. The first kappa shape index (κ1) is 27.3. The topological polar surface area (TPSA) is 44.2 Å². The van der Waals surface area contributed by atoms with E-state index in [1.54, 1.807) is 0 Å². The van der Waals surface area contributed by atoms with Crippen molar-refractivity contribution in [2.75, 3.05) is 0 Å². The summed E-state index contributed by atoms with van der Waals surface area (Å²) in [5.74, 6) is 3.41. The van der Waals surface area contributed by atoms with Crippen LogP contribution in [0.3, 0.4) is 0 Å². The van der Waals surface area contributed by atoms with Gasteiger partial charge in [0.15, 0.2) is 28.8 Å². The molecule has 1 aromatic heterocycles. The lowest BCUT2D eigenvalue weighted by Gasteiger charge is -2.25. The summed E-state index contributed by atoms with van der Waals surface area (Å²) in [6.45, 7) is 4.54. The zero-order valence-corrected chi connectivity index (χ0v) is 26.1. The molecule has 0 saturated heterocycles. The largest absolute Gasteiger partial charge is 0.449 e. The molecule has 0 amide bonds. The third kappa shape index (κ3) is 4.52. The number of ether oxygens (including phenoxy) is 2. The highest BCUT2D eigenvalue weighted by atomic mass is 16.6. The predicted molar refractivity (Wildman–Crippen MR) is 188 cm³/mol. The molecule has 2 aliphatic rings. The maximum Gasteiger partial charge on any atom is 0.178 e. The molecule has 0 N–H and O–H groups in total. The number of benzene rings is 6. The molecule has 2 heterocycles. The van der Waals surface area contributed by atoms with Gasteiger partial charge in [0.05, 0.1) is 11.4 Å². The molecule has 1 aliphatic carbocycles. The zero-order valence-electron chi connectivity index (χ0n) is 26.1. The Morgan fingerprint density at radius 1 is 0.447 bits per heavy atom. The molecule has 47 heavy (non-hydrogen) atoms. The molecule has 0 spiro atoms. The van der Waals surface area contributed by atoms with Crippen LogP contribution in [-0.2, 0) is 5.41 Å². The minimum atomic E-state index is -0.131. The van der Waals surface area contributed by atoms with Gasteiger partial charge in [0.2, 0.25) is 0 Å². The van der Waals surface area contributed by atoms with E-state index < -0.39 is 0 Å². The molecule has 224 valence electrons. The first-order valence-corrected chi connectivity index (χ1v) is 15.9. The predicted octanol–water partition coefficient (Wildman–Crippen LogP) is 11.3. The second-order valence-corrected chi connectivity index (χ2v) is 12.6. The molecule has 7 aromatic rings. The quantitative estimate of drug-likeness (QED) is 0.200. The van der Waals surface area contributed by atoms with Gasteiger partial charge in [-0.25, -0.2) is 9.97 Å². The molecule has 9 rings (SSSR count). The van der Waals surface area contributed by atoms with Crippen molar-refractivity contribution < 1.29 is 9.47 Å². The number of aromatic nitrogens is 2. The van der Waals surface area contributed by atoms with Crippen molar-refractivity contribution in [3.63, 3.8) is 0 Å². The van der Waals surface area contributed by atoms with Crippen LogP contribution in [0.25, 0.3) is 56.2 Å². The zero-order chi connectivity index (χ0) is 31.5. The van der Waals surface area contributed by atoms with Crippen LogP contribution in [0.4, 0.5) is 0 Å². The van der Waals surface area contributed by atoms with E-state index >= 15 is 0 Å². The van der Waals surface area contributed by atoms with Gasteiger partial charge in [-0.15, -0.1) is 0 Å². The Kier molecular flexibility index (Phi) is 6.12. The molecule has 1 aliphatic heterocycles. The second kappa shape index (κ2) is 10.5. The standard InChI is InChI=1S/C43H30N2O2/c1-43(2)33-16-10-9-15-32(33)40-34(43)22-24-38-41(40)47-39-25-31(21-23-37(39)46-38)42-44-35(29-13-7-4-8-14-29)26-36(45-42)30-19-17-28(18-20-30)27-11-5-3-6-12-27/h3-26H,1-2H3. The molecule has 0 bridgehead atoms. The summed E-state index contributed by atoms with van der Waals surface area (Å²) >= 11 is 0. The Morgan fingerprint density at radius 3 is 1.77 bits per heavy atom. The average Bonchev–Trinajstić information content (AvgIpc) is 3.37. The number of rotatable bonds is 4. The highest BCUT2D eigenvalue weighted by molar-refractivity contribution is 5.88. The first-order chi connectivity index (χ1) is 23.0. The third-order valence-corrected chi connectivity index (χ3v) is 9.38. The van der Waals surface area contributed by atoms with Crippen molar-refractivity contribution >= 4 is 0 Å². The van der Waals surface area contributed by atoms with E-state index in [1.807, 2.05) is 48.5 Å². The van der Waals surface area contributed by atoms with Crippen molar-refractivity contribution in [3.05, 3.63) is 157 Å². The van der Waals surface area contributed by atoms with Crippen molar-refractivity contribution in [1.29, 1.82) is 0 Å². The van der Waals surface area contributed by atoms with Crippen LogP contribution < -0.4 is 9.47 Å². The van der Waals surface area contributed by atoms with Gasteiger partial charge < -0.3 is 9.47 Å². The van der Waals surface area contributed by atoms with Crippen LogP contribution in [0.1, 0.15) is 25.0 Å². The van der Waals surface area contributed by atoms with Gasteiger partial charge in [-0.1, -0.05) is 129 Å². The van der Waals surface area contributed by atoms with E-state index in [-0.39, 0.29) is 5.41 Å². The first-order valence-electron chi connectivity index (χ1n) is 15.9. The summed E-state index contributed by atoms with van der Waals surface area (Å²) in [7, 11) is 0. The maximum absolute atomic E-state index is 6.74. The fourth-order valence-electron chi connectivity index (χ4n) is 6.91. The number of hydrogen-bond donors (Lipinski definition) is 0. The minimum Gasteiger partial charge on any atom is -0.449 e. The van der Waals surface area contributed by atoms with E-state index in [4.69, 9.17) is 19.4 Å². The van der Waals surface area contributed by atoms with E-state index in [9.17, 15) is 0 Å². The number of fused-ring (bicyclic) bond motifs is 6. The van der Waals surface area contributed by atoms with E-state index in [1.165, 1.54) is 22.3 Å². The minimum absolute atomic E-state index is 0.131. The van der Waals surface area contributed by atoms with Gasteiger partial charge in [0, 0.05) is 27.7 Å². The molecule has 4 nitrogen and oxygen atoms in total. The normalized spacial score (nSPS) is 13.4. The molecule has 0 fully saturated rings. The van der Waals surface area contributed by atoms with Crippen LogP contribution in [0.15, 0.2) is 146 Å². The molecular formula is C43H30N2O2. The summed E-state index contributed by atoms with van der Waals surface area (Å²) < 4.78 is 13.2. The van der Waals surface area contributed by atoms with Gasteiger partial charge in [0.25, 0.3) is 0 Å². The van der Waals surface area contributed by atoms with Crippen LogP contribution in [0, 0.1) is 0 Å². The second-order valence-electron chi connectivity index (χ2n) is 12.6. The highest BCUT2D eigenvalue weighted by Crippen LogP contribution is 2.58. The monoisotopic (exact) mass is 606 g/mol. The third-order valence-electron chi connectivity index (χ3n) is 9.38. The Morgan fingerprint density at radius 2 is 1.02 bits per heavy atom. The summed E-state index contributed by atoms with van der Waals surface area (Å²) in [6, 6.07) is 50.0. The highest BCUT2D eigenvalue weighted by Gasteiger charge is 2.39. The SMILES string of the molecule is CC1(C)c2ccccc2-c2c1ccc1c2Oc2cc(-c3nc(-c4ccccc4)cc(-c4ccc(-c5ccccc5)cc4)n3)ccc2O1. The number of hydrogen-bond acceptors (Lipinski definition) is 4. The van der Waals surface area contributed by atoms with Crippen LogP contribution in [0.2, 0.25) is 0 Å². The molecule has 0 radical (unpaired) electrons. The summed E-state index contributed by atoms with van der Waals surface area (Å²) in [6.07, 6.45) is 0. The lowest BCUT2D eigenvalue weighted by molar-refractivity contribution is 0.360. The number of nitrogens with zero attached hydrogens (tertiary/aromatic N) is 2. The maximum atomic E-state index is 6.74. The summed E-state index contributed by atoms with van der Waals surface area (Å²) in [5, 5.41) is 0. The van der Waals surface area contributed by atoms with E-state index in [0.717, 1.165) is 50.7 Å². The molecule has 0 unspecified atom stereocenters. The Labute approximate surface area is 274 Å². The van der Waals surface area contributed by atoms with Crippen LogP contribution in [0.5, 0.6) is 23.0 Å². The van der Waals surface area contributed by atoms with Gasteiger partial charge in [-0.2, -0.15) is 0 Å². The molecular weight excluding hydrogens is 576 g/mol. The van der Waals surface area contributed by atoms with Crippen molar-refractivity contribution in [1.82, 2.24) is 9.97 Å². The van der Waals surface area contributed by atoms with Crippen molar-refractivity contribution in [3.8, 4) is 79.2 Å². The van der Waals surface area contributed by atoms with E-state index in [2.05, 4.69) is 111 Å². The van der Waals surface area contributed by atoms with Crippen LogP contribution in [-0.4, -0.2) is 9.97 Å². The fraction of sp³-hybridized carbons (Fsp3) is 0.0698. The van der Waals surface area contributed by atoms with Gasteiger partial charge in [-0.05, 0) is 58.1 Å². The average molecular weight is 607 g/mol. The van der Waals surface area contributed by atoms with Gasteiger partial charge in [0.1, 0.15) is 0 Å². The van der Waals surface area contributed by atoms with Crippen molar-refractivity contribution in [2.45, 2.75) is 19.3 Å². The Hall–Kier alpha value is -6.00. The Balaban J connectivity index is 1.13. The van der Waals surface area contributed by atoms with E-state index in [0.29, 0.717) is 17.3 Å². The Bertz CT molecular complexity index is 2310. The van der Waals surface area contributed by atoms with Gasteiger partial charge >= 0.3 is 0 Å². The van der Waals surface area contributed by atoms with Crippen LogP contribution >= 0.6 is 0 Å². The molecule has 0 atom stereocenters. The molecule has 0 saturated carbocycles. The summed E-state index contributed by atoms with van der Waals surface area (Å²) in [5.41, 5.74) is 11.6.